The monoisotopic (exact) mass is 219 g/mol. The van der Waals surface area contributed by atoms with E-state index in [1.165, 1.54) is 0 Å². The lowest BCUT2D eigenvalue weighted by Gasteiger charge is -2.18. The molecule has 1 heterocycles. The van der Waals surface area contributed by atoms with E-state index in [0.29, 0.717) is 6.42 Å². The number of nitrogens with zero attached hydrogens (tertiary/aromatic N) is 1. The van der Waals surface area contributed by atoms with Gasteiger partial charge in [0.05, 0.1) is 19.6 Å². The fourth-order valence-corrected chi connectivity index (χ4v) is 1.63. The van der Waals surface area contributed by atoms with Gasteiger partial charge in [-0.15, -0.1) is 0 Å². The summed E-state index contributed by atoms with van der Waals surface area (Å²) in [5.74, 6) is 0.853. The maximum absolute atomic E-state index is 11.3. The molecule has 1 aromatic carbocycles. The highest BCUT2D eigenvalue weighted by Crippen LogP contribution is 2.24. The third kappa shape index (κ3) is 2.13. The Morgan fingerprint density at radius 2 is 2.12 bits per heavy atom. The number of ether oxygens (including phenoxy) is 1. The van der Waals surface area contributed by atoms with Crippen molar-refractivity contribution in [1.29, 1.82) is 0 Å². The Morgan fingerprint density at radius 3 is 2.69 bits per heavy atom. The first-order chi connectivity index (χ1) is 7.69. The van der Waals surface area contributed by atoms with Crippen LogP contribution in [0.2, 0.25) is 0 Å². The summed E-state index contributed by atoms with van der Waals surface area (Å²) in [5, 5.41) is 2.47. The number of hydrogen-bond donors (Lipinski definition) is 2. The molecule has 0 unspecified atom stereocenters. The van der Waals surface area contributed by atoms with Gasteiger partial charge in [-0.3, -0.25) is 10.1 Å². The molecule has 5 heteroatoms. The molecule has 0 aromatic heterocycles. The van der Waals surface area contributed by atoms with E-state index in [1.807, 2.05) is 24.3 Å². The van der Waals surface area contributed by atoms with Gasteiger partial charge in [-0.05, 0) is 17.7 Å². The van der Waals surface area contributed by atoms with Gasteiger partial charge in [0.15, 0.2) is 5.96 Å². The van der Waals surface area contributed by atoms with Crippen molar-refractivity contribution in [2.24, 2.45) is 10.7 Å². The van der Waals surface area contributed by atoms with Crippen LogP contribution < -0.4 is 15.8 Å². The van der Waals surface area contributed by atoms with Crippen molar-refractivity contribution >= 4 is 11.9 Å². The number of amides is 1. The second-order valence-corrected chi connectivity index (χ2v) is 3.56. The molecule has 16 heavy (non-hydrogen) atoms. The summed E-state index contributed by atoms with van der Waals surface area (Å²) in [6.07, 6.45) is 0.326. The largest absolute Gasteiger partial charge is 0.497 e. The average molecular weight is 219 g/mol. The van der Waals surface area contributed by atoms with Crippen LogP contribution in [0, 0.1) is 0 Å². The van der Waals surface area contributed by atoms with E-state index in [1.54, 1.807) is 7.11 Å². The van der Waals surface area contributed by atoms with Crippen LogP contribution >= 0.6 is 0 Å². The van der Waals surface area contributed by atoms with E-state index in [2.05, 4.69) is 10.3 Å². The molecule has 0 bridgehead atoms. The molecule has 0 fully saturated rings. The lowest BCUT2D eigenvalue weighted by atomic mass is 10.0. The van der Waals surface area contributed by atoms with E-state index < -0.39 is 0 Å². The summed E-state index contributed by atoms with van der Waals surface area (Å²) in [7, 11) is 1.61. The molecule has 2 rings (SSSR count). The zero-order valence-corrected chi connectivity index (χ0v) is 8.93. The first-order valence-corrected chi connectivity index (χ1v) is 4.96. The van der Waals surface area contributed by atoms with Crippen molar-refractivity contribution in [3.05, 3.63) is 29.8 Å². The molecular formula is C11H13N3O2. The van der Waals surface area contributed by atoms with E-state index in [9.17, 15) is 4.79 Å². The number of nitrogens with two attached hydrogens (primary N) is 1. The first kappa shape index (κ1) is 10.5. The Morgan fingerprint density at radius 1 is 1.44 bits per heavy atom. The fraction of sp³-hybridized carbons (Fsp3) is 0.273. The number of guanidine groups is 1. The highest BCUT2D eigenvalue weighted by Gasteiger charge is 2.20. The predicted molar refractivity (Wildman–Crippen MR) is 60.1 cm³/mol. The number of nitrogens with one attached hydrogen (secondary N) is 1. The predicted octanol–water partition coefficient (Wildman–Crippen LogP) is 0.571. The van der Waals surface area contributed by atoms with Gasteiger partial charge in [0.25, 0.3) is 0 Å². The smallest absolute Gasteiger partial charge is 0.229 e. The quantitative estimate of drug-likeness (QED) is 0.763. The minimum Gasteiger partial charge on any atom is -0.497 e. The first-order valence-electron chi connectivity index (χ1n) is 4.96. The van der Waals surface area contributed by atoms with Gasteiger partial charge in [-0.1, -0.05) is 12.1 Å². The minimum atomic E-state index is -0.195. The van der Waals surface area contributed by atoms with Crippen LogP contribution in [-0.4, -0.2) is 19.0 Å². The lowest BCUT2D eigenvalue weighted by molar-refractivity contribution is -0.120. The summed E-state index contributed by atoms with van der Waals surface area (Å²) in [6, 6.07) is 7.26. The molecule has 3 N–H and O–H groups in total. The average Bonchev–Trinajstić information content (AvgIpc) is 2.28. The van der Waals surface area contributed by atoms with E-state index in [4.69, 9.17) is 10.5 Å². The molecule has 1 aromatic rings. The summed E-state index contributed by atoms with van der Waals surface area (Å²) in [5.41, 5.74) is 6.46. The third-order valence-electron chi connectivity index (χ3n) is 2.44. The van der Waals surface area contributed by atoms with Crippen molar-refractivity contribution in [3.8, 4) is 5.75 Å². The van der Waals surface area contributed by atoms with Gasteiger partial charge in [0, 0.05) is 0 Å². The Labute approximate surface area is 93.3 Å². The van der Waals surface area contributed by atoms with Gasteiger partial charge in [0.1, 0.15) is 5.75 Å². The Kier molecular flexibility index (Phi) is 2.76. The molecule has 1 amide bonds. The van der Waals surface area contributed by atoms with E-state index in [-0.39, 0.29) is 17.9 Å². The summed E-state index contributed by atoms with van der Waals surface area (Å²) in [4.78, 5) is 15.5. The number of benzene rings is 1. The third-order valence-corrected chi connectivity index (χ3v) is 2.44. The Bertz CT molecular complexity index is 425. The SMILES string of the molecule is COc1ccc([C@H]2CC(=O)NC(N)=N2)cc1. The zero-order valence-electron chi connectivity index (χ0n) is 8.93. The molecule has 1 aliphatic rings. The molecule has 5 nitrogen and oxygen atoms in total. The molecule has 0 saturated heterocycles. The van der Waals surface area contributed by atoms with Crippen molar-refractivity contribution in [2.45, 2.75) is 12.5 Å². The van der Waals surface area contributed by atoms with E-state index >= 15 is 0 Å². The van der Waals surface area contributed by atoms with Gasteiger partial charge in [0.2, 0.25) is 5.91 Å². The molecular weight excluding hydrogens is 206 g/mol. The summed E-state index contributed by atoms with van der Waals surface area (Å²) < 4.78 is 5.06. The maximum atomic E-state index is 11.3. The minimum absolute atomic E-state index is 0.103. The fourth-order valence-electron chi connectivity index (χ4n) is 1.63. The molecule has 1 aliphatic heterocycles. The van der Waals surface area contributed by atoms with Crippen LogP contribution in [-0.2, 0) is 4.79 Å². The molecule has 0 aliphatic carbocycles. The van der Waals surface area contributed by atoms with Crippen molar-refractivity contribution in [2.75, 3.05) is 7.11 Å². The highest BCUT2D eigenvalue weighted by atomic mass is 16.5. The highest BCUT2D eigenvalue weighted by molar-refractivity contribution is 5.98. The van der Waals surface area contributed by atoms with Gasteiger partial charge in [-0.2, -0.15) is 0 Å². The molecule has 0 saturated carbocycles. The topological polar surface area (TPSA) is 76.7 Å². The summed E-state index contributed by atoms with van der Waals surface area (Å²) >= 11 is 0. The van der Waals surface area contributed by atoms with Crippen LogP contribution in [0.5, 0.6) is 5.75 Å². The number of carbonyl (C=O) groups excluding carboxylic acids is 1. The number of methoxy groups -OCH3 is 1. The van der Waals surface area contributed by atoms with Crippen LogP contribution in [0.15, 0.2) is 29.3 Å². The van der Waals surface area contributed by atoms with Gasteiger partial charge < -0.3 is 10.5 Å². The van der Waals surface area contributed by atoms with Crippen LogP contribution in [0.3, 0.4) is 0 Å². The van der Waals surface area contributed by atoms with Gasteiger partial charge >= 0.3 is 0 Å². The molecule has 0 spiro atoms. The van der Waals surface area contributed by atoms with Crippen LogP contribution in [0.4, 0.5) is 0 Å². The standard InChI is InChI=1S/C11H13N3O2/c1-16-8-4-2-7(3-5-8)9-6-10(15)14-11(12)13-9/h2-5,9H,6H2,1H3,(H3,12,13,14,15)/t9-/m1/s1. The second kappa shape index (κ2) is 4.22. The normalized spacial score (nSPS) is 19.9. The van der Waals surface area contributed by atoms with Crippen molar-refractivity contribution in [3.63, 3.8) is 0 Å². The van der Waals surface area contributed by atoms with Gasteiger partial charge in [-0.25, -0.2) is 4.99 Å². The van der Waals surface area contributed by atoms with Crippen LogP contribution in [0.1, 0.15) is 18.0 Å². The molecule has 1 atom stereocenters. The molecule has 84 valence electrons. The maximum Gasteiger partial charge on any atom is 0.229 e. The Balaban J connectivity index is 2.23. The van der Waals surface area contributed by atoms with E-state index in [0.717, 1.165) is 11.3 Å². The Hall–Kier alpha value is -2.04. The number of rotatable bonds is 2. The number of aliphatic imine (C=N–C) groups is 1. The van der Waals surface area contributed by atoms with Crippen molar-refractivity contribution < 1.29 is 9.53 Å². The number of carbonyl (C=O) groups is 1. The number of hydrogen-bond acceptors (Lipinski definition) is 4. The molecule has 0 radical (unpaired) electrons. The second-order valence-electron chi connectivity index (χ2n) is 3.56. The lowest BCUT2D eigenvalue weighted by Crippen LogP contribution is -2.41. The summed E-state index contributed by atoms with van der Waals surface area (Å²) in [6.45, 7) is 0. The zero-order chi connectivity index (χ0) is 11.5. The van der Waals surface area contributed by atoms with Crippen molar-refractivity contribution in [1.82, 2.24) is 5.32 Å². The van der Waals surface area contributed by atoms with Crippen LogP contribution in [0.25, 0.3) is 0 Å².